The second kappa shape index (κ2) is 10.2. The molecule has 11 heteroatoms. The van der Waals surface area contributed by atoms with Crippen LogP contribution in [0.2, 0.25) is 0 Å². The number of carbonyl (C=O) groups excluding carboxylic acids is 4. The maximum atomic E-state index is 13.0. The van der Waals surface area contributed by atoms with Crippen molar-refractivity contribution in [2.24, 2.45) is 5.92 Å². The summed E-state index contributed by atoms with van der Waals surface area (Å²) in [4.78, 5) is 50.8. The predicted octanol–water partition coefficient (Wildman–Crippen LogP) is 0.493. The van der Waals surface area contributed by atoms with Crippen molar-refractivity contribution in [1.82, 2.24) is 14.9 Å². The number of sulfonamides is 1. The van der Waals surface area contributed by atoms with Gasteiger partial charge in [-0.15, -0.1) is 0 Å². The lowest BCUT2D eigenvalue weighted by atomic mass is 10.0. The molecule has 0 unspecified atom stereocenters. The van der Waals surface area contributed by atoms with Gasteiger partial charge in [-0.2, -0.15) is 4.72 Å². The molecule has 3 amide bonds. The van der Waals surface area contributed by atoms with Gasteiger partial charge in [0.2, 0.25) is 27.7 Å². The highest BCUT2D eigenvalue weighted by Crippen LogP contribution is 2.20. The maximum Gasteiger partial charge on any atom is 0.328 e. The summed E-state index contributed by atoms with van der Waals surface area (Å²) in [6.07, 6.45) is -0.139. The van der Waals surface area contributed by atoms with E-state index < -0.39 is 51.8 Å². The molecule has 1 aliphatic heterocycles. The summed E-state index contributed by atoms with van der Waals surface area (Å²) < 4.78 is 32.4. The lowest BCUT2D eigenvalue weighted by Gasteiger charge is -2.35. The van der Waals surface area contributed by atoms with Crippen molar-refractivity contribution in [3.8, 4) is 0 Å². The Morgan fingerprint density at radius 2 is 1.72 bits per heavy atom. The molecule has 1 aromatic rings. The van der Waals surface area contributed by atoms with Crippen molar-refractivity contribution >= 4 is 33.7 Å². The summed E-state index contributed by atoms with van der Waals surface area (Å²) in [5, 5.41) is 2.50. The van der Waals surface area contributed by atoms with E-state index in [1.807, 2.05) is 6.92 Å². The Hall–Kier alpha value is -2.79. The standard InChI is InChI=1S/C21H29N3O7S/c1-12(2)18(21(28)31-5)22-19(26)14(4)24-17(25)11-10-16(20(24)27)23-32(29,30)15-8-6-13(3)7-9-15/h6-9,12,14,16,18,23H,10-11H2,1-5H3,(H,22,26)/t14-,16-,18-/m0/s1. The molecule has 10 nitrogen and oxygen atoms in total. The molecule has 32 heavy (non-hydrogen) atoms. The van der Waals surface area contributed by atoms with Crippen LogP contribution in [-0.2, 0) is 33.9 Å². The zero-order valence-electron chi connectivity index (χ0n) is 18.7. The number of benzene rings is 1. The van der Waals surface area contributed by atoms with Crippen molar-refractivity contribution in [3.05, 3.63) is 29.8 Å². The Bertz CT molecular complexity index is 989. The number of hydrogen-bond donors (Lipinski definition) is 2. The van der Waals surface area contributed by atoms with Crippen molar-refractivity contribution in [2.45, 2.75) is 63.6 Å². The van der Waals surface area contributed by atoms with Gasteiger partial charge >= 0.3 is 5.97 Å². The number of ether oxygens (including phenoxy) is 1. The topological polar surface area (TPSA) is 139 Å². The predicted molar refractivity (Wildman–Crippen MR) is 115 cm³/mol. The fraction of sp³-hybridized carbons (Fsp3) is 0.524. The van der Waals surface area contributed by atoms with Crippen LogP contribution in [0, 0.1) is 12.8 Å². The van der Waals surface area contributed by atoms with E-state index in [0.717, 1.165) is 10.5 Å². The lowest BCUT2D eigenvalue weighted by molar-refractivity contribution is -0.156. The average Bonchev–Trinajstić information content (AvgIpc) is 2.73. The number of likely N-dealkylation sites (tertiary alicyclic amines) is 1. The van der Waals surface area contributed by atoms with Crippen LogP contribution in [0.1, 0.15) is 39.2 Å². The molecule has 0 saturated carbocycles. The Labute approximate surface area is 187 Å². The molecular formula is C21H29N3O7S. The van der Waals surface area contributed by atoms with Gasteiger partial charge in [-0.3, -0.25) is 19.3 Å². The van der Waals surface area contributed by atoms with Gasteiger partial charge < -0.3 is 10.1 Å². The van der Waals surface area contributed by atoms with Gasteiger partial charge in [0, 0.05) is 6.42 Å². The SMILES string of the molecule is COC(=O)[C@@H](NC(=O)[C@H](C)N1C(=O)CC[C@H](NS(=O)(=O)c2ccc(C)cc2)C1=O)C(C)C. The fourth-order valence-electron chi connectivity index (χ4n) is 3.31. The zero-order chi connectivity index (χ0) is 24.2. The minimum absolute atomic E-state index is 0.0111. The summed E-state index contributed by atoms with van der Waals surface area (Å²) in [6.45, 7) is 6.57. The second-order valence-electron chi connectivity index (χ2n) is 8.06. The van der Waals surface area contributed by atoms with Gasteiger partial charge in [0.25, 0.3) is 0 Å². The average molecular weight is 468 g/mol. The minimum atomic E-state index is -4.01. The van der Waals surface area contributed by atoms with Crippen molar-refractivity contribution in [2.75, 3.05) is 7.11 Å². The number of aryl methyl sites for hydroxylation is 1. The number of piperidine rings is 1. The van der Waals surface area contributed by atoms with E-state index >= 15 is 0 Å². The fourth-order valence-corrected chi connectivity index (χ4v) is 4.53. The largest absolute Gasteiger partial charge is 0.467 e. The molecule has 0 bridgehead atoms. The third kappa shape index (κ3) is 5.71. The van der Waals surface area contributed by atoms with E-state index in [1.54, 1.807) is 26.0 Å². The van der Waals surface area contributed by atoms with Crippen LogP contribution in [0.5, 0.6) is 0 Å². The first-order chi connectivity index (χ1) is 14.9. The maximum absolute atomic E-state index is 13.0. The quantitative estimate of drug-likeness (QED) is 0.419. The third-order valence-electron chi connectivity index (χ3n) is 5.27. The summed E-state index contributed by atoms with van der Waals surface area (Å²) >= 11 is 0. The van der Waals surface area contributed by atoms with Crippen LogP contribution < -0.4 is 10.0 Å². The van der Waals surface area contributed by atoms with Crippen LogP contribution in [0.15, 0.2) is 29.2 Å². The summed E-state index contributed by atoms with van der Waals surface area (Å²) in [5.74, 6) is -3.08. The van der Waals surface area contributed by atoms with E-state index in [1.165, 1.54) is 26.2 Å². The van der Waals surface area contributed by atoms with E-state index in [2.05, 4.69) is 14.8 Å². The second-order valence-corrected chi connectivity index (χ2v) is 9.77. The van der Waals surface area contributed by atoms with Crippen molar-refractivity contribution < 1.29 is 32.3 Å². The number of hydrogen-bond acceptors (Lipinski definition) is 7. The van der Waals surface area contributed by atoms with Crippen LogP contribution >= 0.6 is 0 Å². The van der Waals surface area contributed by atoms with Gasteiger partial charge in [0.15, 0.2) is 0 Å². The number of nitrogens with one attached hydrogen (secondary N) is 2. The molecule has 0 aliphatic carbocycles. The molecule has 0 aromatic heterocycles. The molecule has 1 aromatic carbocycles. The number of esters is 1. The number of rotatable bonds is 8. The van der Waals surface area contributed by atoms with Crippen molar-refractivity contribution in [1.29, 1.82) is 0 Å². The number of methoxy groups -OCH3 is 1. The summed E-state index contributed by atoms with van der Waals surface area (Å²) in [6, 6.07) is 2.70. The van der Waals surface area contributed by atoms with E-state index in [9.17, 15) is 27.6 Å². The highest BCUT2D eigenvalue weighted by molar-refractivity contribution is 7.89. The van der Waals surface area contributed by atoms with Crippen molar-refractivity contribution in [3.63, 3.8) is 0 Å². The molecule has 176 valence electrons. The van der Waals surface area contributed by atoms with E-state index in [4.69, 9.17) is 0 Å². The zero-order valence-corrected chi connectivity index (χ0v) is 19.6. The molecule has 0 radical (unpaired) electrons. The normalized spacial score (nSPS) is 18.9. The van der Waals surface area contributed by atoms with Gasteiger partial charge in [0.1, 0.15) is 18.1 Å². The molecule has 1 heterocycles. The highest BCUT2D eigenvalue weighted by Gasteiger charge is 2.42. The number of nitrogens with zero attached hydrogens (tertiary/aromatic N) is 1. The Kier molecular flexibility index (Phi) is 8.13. The molecular weight excluding hydrogens is 438 g/mol. The first kappa shape index (κ1) is 25.5. The Morgan fingerprint density at radius 3 is 2.25 bits per heavy atom. The first-order valence-corrected chi connectivity index (χ1v) is 11.7. The molecule has 2 N–H and O–H groups in total. The number of carbonyl (C=O) groups is 4. The van der Waals surface area contributed by atoms with Crippen LogP contribution in [0.25, 0.3) is 0 Å². The molecule has 2 rings (SSSR count). The Balaban J connectivity index is 2.18. The summed E-state index contributed by atoms with van der Waals surface area (Å²) in [5.41, 5.74) is 0.876. The number of imide groups is 1. The summed E-state index contributed by atoms with van der Waals surface area (Å²) in [7, 11) is -2.82. The third-order valence-corrected chi connectivity index (χ3v) is 6.75. The Morgan fingerprint density at radius 1 is 1.12 bits per heavy atom. The smallest absolute Gasteiger partial charge is 0.328 e. The molecule has 1 aliphatic rings. The molecule has 0 spiro atoms. The highest BCUT2D eigenvalue weighted by atomic mass is 32.2. The van der Waals surface area contributed by atoms with Gasteiger partial charge in [-0.25, -0.2) is 13.2 Å². The monoisotopic (exact) mass is 467 g/mol. The van der Waals surface area contributed by atoms with E-state index in [-0.39, 0.29) is 23.7 Å². The lowest BCUT2D eigenvalue weighted by Crippen LogP contribution is -2.61. The first-order valence-electron chi connectivity index (χ1n) is 10.2. The van der Waals surface area contributed by atoms with Gasteiger partial charge in [0.05, 0.1) is 12.0 Å². The molecule has 1 saturated heterocycles. The van der Waals surface area contributed by atoms with Gasteiger partial charge in [-0.05, 0) is 38.3 Å². The van der Waals surface area contributed by atoms with Crippen LogP contribution in [-0.4, -0.2) is 62.2 Å². The van der Waals surface area contributed by atoms with Crippen LogP contribution in [0.4, 0.5) is 0 Å². The minimum Gasteiger partial charge on any atom is -0.467 e. The van der Waals surface area contributed by atoms with Crippen LogP contribution in [0.3, 0.4) is 0 Å². The molecule has 3 atom stereocenters. The van der Waals surface area contributed by atoms with E-state index in [0.29, 0.717) is 0 Å². The number of amides is 3. The molecule has 1 fully saturated rings. The van der Waals surface area contributed by atoms with Gasteiger partial charge in [-0.1, -0.05) is 31.5 Å².